The van der Waals surface area contributed by atoms with Crippen LogP contribution in [0.25, 0.3) is 0 Å². The fourth-order valence-corrected chi connectivity index (χ4v) is 7.49. The average molecular weight is 512 g/mol. The quantitative estimate of drug-likeness (QED) is 0.389. The molecule has 0 spiro atoms. The molecular formula is C19H21N5O6S3. The minimum Gasteiger partial charge on any atom is -0.481 e. The second-order valence-corrected chi connectivity index (χ2v) is 10.8. The molecule has 0 aliphatic carbocycles. The number of nitrogens with zero attached hydrogens (tertiary/aromatic N) is 5. The van der Waals surface area contributed by atoms with Crippen molar-refractivity contribution in [3.05, 3.63) is 23.3 Å². The van der Waals surface area contributed by atoms with Crippen LogP contribution >= 0.6 is 34.9 Å². The Morgan fingerprint density at radius 2 is 2.09 bits per heavy atom. The van der Waals surface area contributed by atoms with Crippen molar-refractivity contribution in [2.24, 2.45) is 12.5 Å². The number of hydrogen-bond acceptors (Lipinski definition) is 9. The van der Waals surface area contributed by atoms with Crippen LogP contribution in [0.2, 0.25) is 0 Å². The summed E-state index contributed by atoms with van der Waals surface area (Å²) in [4.78, 5) is 51.6. The van der Waals surface area contributed by atoms with Crippen LogP contribution in [0.4, 0.5) is 5.00 Å². The normalized spacial score (nSPS) is 24.2. The number of carboxylic acid groups (broad SMARTS) is 2. The molecular weight excluding hydrogens is 490 g/mol. The summed E-state index contributed by atoms with van der Waals surface area (Å²) in [6, 6.07) is 2.95. The van der Waals surface area contributed by atoms with Gasteiger partial charge in [0.05, 0.1) is 5.00 Å². The highest BCUT2D eigenvalue weighted by atomic mass is 32.2. The van der Waals surface area contributed by atoms with Crippen LogP contribution in [0.3, 0.4) is 0 Å². The Morgan fingerprint density at radius 1 is 1.33 bits per heavy atom. The summed E-state index contributed by atoms with van der Waals surface area (Å²) in [5, 5.41) is 29.5. The number of amides is 2. The first-order valence-corrected chi connectivity index (χ1v) is 12.8. The Kier molecular flexibility index (Phi) is 6.42. The van der Waals surface area contributed by atoms with Crippen LogP contribution in [0.5, 0.6) is 0 Å². The highest BCUT2D eigenvalue weighted by Crippen LogP contribution is 2.46. The van der Waals surface area contributed by atoms with Crippen molar-refractivity contribution in [1.82, 2.24) is 19.7 Å². The summed E-state index contributed by atoms with van der Waals surface area (Å²) in [7, 11) is 1.63. The van der Waals surface area contributed by atoms with E-state index in [0.717, 1.165) is 0 Å². The Labute approximate surface area is 201 Å². The Balaban J connectivity index is 1.48. The smallest absolute Gasteiger partial charge is 0.313 e. The number of thiophene rings is 1. The molecule has 2 aromatic rings. The number of β-lactam (4-membered cyclic amide) rings is 1. The molecule has 176 valence electrons. The van der Waals surface area contributed by atoms with Crippen molar-refractivity contribution < 1.29 is 29.4 Å². The lowest BCUT2D eigenvalue weighted by Gasteiger charge is -2.55. The fraction of sp³-hybridized carbons (Fsp3) is 0.474. The fourth-order valence-electron chi connectivity index (χ4n) is 3.85. The third-order valence-electron chi connectivity index (χ3n) is 5.64. The zero-order valence-electron chi connectivity index (χ0n) is 17.7. The molecule has 2 aliphatic heterocycles. The number of aliphatic carboxylic acids is 2. The maximum absolute atomic E-state index is 13.0. The van der Waals surface area contributed by atoms with E-state index in [0.29, 0.717) is 10.2 Å². The van der Waals surface area contributed by atoms with Gasteiger partial charge in [0.15, 0.2) is 5.16 Å². The molecule has 2 aromatic heterocycles. The van der Waals surface area contributed by atoms with E-state index in [-0.39, 0.29) is 47.5 Å². The van der Waals surface area contributed by atoms with Crippen molar-refractivity contribution in [2.75, 3.05) is 23.0 Å². The van der Waals surface area contributed by atoms with E-state index in [4.69, 9.17) is 5.11 Å². The topological polar surface area (TPSA) is 146 Å². The lowest BCUT2D eigenvalue weighted by atomic mass is 9.89. The maximum Gasteiger partial charge on any atom is 0.313 e. The van der Waals surface area contributed by atoms with Gasteiger partial charge in [0.25, 0.3) is 0 Å². The predicted octanol–water partition coefficient (Wildman–Crippen LogP) is 1.00. The number of fused-ring (bicyclic) bond motifs is 1. The second kappa shape index (κ2) is 8.99. The molecule has 2 fully saturated rings. The van der Waals surface area contributed by atoms with E-state index in [1.165, 1.54) is 56.2 Å². The van der Waals surface area contributed by atoms with Crippen molar-refractivity contribution in [1.29, 1.82) is 0 Å². The van der Waals surface area contributed by atoms with Crippen LogP contribution < -0.4 is 4.90 Å². The minimum absolute atomic E-state index is 0.0261. The van der Waals surface area contributed by atoms with Crippen molar-refractivity contribution in [3.8, 4) is 0 Å². The van der Waals surface area contributed by atoms with Crippen LogP contribution in [-0.2, 0) is 32.6 Å². The summed E-state index contributed by atoms with van der Waals surface area (Å²) in [5.41, 5.74) is -1.21. The predicted molar refractivity (Wildman–Crippen MR) is 122 cm³/mol. The van der Waals surface area contributed by atoms with E-state index < -0.39 is 23.4 Å². The SMILES string of the molecule is CC(=O)N(c1cccs1)C1C(=O)N2CC(CSc3nnc(CC(=O)O)n3C)(C(=O)O)CS[C@H]12. The van der Waals surface area contributed by atoms with Crippen LogP contribution in [0.15, 0.2) is 22.7 Å². The monoisotopic (exact) mass is 511 g/mol. The van der Waals surface area contributed by atoms with Gasteiger partial charge in [0, 0.05) is 32.0 Å². The van der Waals surface area contributed by atoms with Crippen LogP contribution in [0.1, 0.15) is 12.7 Å². The second-order valence-electron chi connectivity index (χ2n) is 7.86. The van der Waals surface area contributed by atoms with Crippen molar-refractivity contribution in [2.45, 2.75) is 29.9 Å². The van der Waals surface area contributed by atoms with Gasteiger partial charge in [-0.3, -0.25) is 24.1 Å². The lowest BCUT2D eigenvalue weighted by molar-refractivity contribution is -0.156. The molecule has 2 N–H and O–H groups in total. The molecule has 0 radical (unpaired) electrons. The first-order valence-electron chi connectivity index (χ1n) is 9.86. The standard InChI is InChI=1S/C19H21N5O6S3/c1-10(25)24(12-4-3-5-31-12)14-15(28)23-7-19(17(29)30,8-32-16(14)23)9-33-18-21-20-11(22(18)2)6-13(26)27/h3-5,14,16H,6-9H2,1-2H3,(H,26,27)(H,29,30)/t14?,16-,19?/m1/s1. The summed E-state index contributed by atoms with van der Waals surface area (Å²) in [5.74, 6) is -1.90. The molecule has 0 aromatic carbocycles. The average Bonchev–Trinajstić information content (AvgIpc) is 3.40. The third kappa shape index (κ3) is 4.22. The van der Waals surface area contributed by atoms with Gasteiger partial charge in [-0.15, -0.1) is 33.3 Å². The maximum atomic E-state index is 13.0. The number of carbonyl (C=O) groups excluding carboxylic acids is 2. The molecule has 0 saturated carbocycles. The summed E-state index contributed by atoms with van der Waals surface area (Å²) in [6.45, 7) is 1.44. The third-order valence-corrected chi connectivity index (χ3v) is 9.39. The van der Waals surface area contributed by atoms with E-state index in [2.05, 4.69) is 10.2 Å². The molecule has 33 heavy (non-hydrogen) atoms. The summed E-state index contributed by atoms with van der Waals surface area (Å²) < 4.78 is 1.53. The van der Waals surface area contributed by atoms with Crippen molar-refractivity contribution in [3.63, 3.8) is 0 Å². The number of thioether (sulfide) groups is 2. The van der Waals surface area contributed by atoms with Gasteiger partial charge in [-0.05, 0) is 17.5 Å². The van der Waals surface area contributed by atoms with Gasteiger partial charge < -0.3 is 19.7 Å². The molecule has 2 amide bonds. The van der Waals surface area contributed by atoms with E-state index in [1.54, 1.807) is 13.1 Å². The summed E-state index contributed by atoms with van der Waals surface area (Å²) >= 11 is 3.90. The Morgan fingerprint density at radius 3 is 2.70 bits per heavy atom. The molecule has 4 heterocycles. The van der Waals surface area contributed by atoms with Crippen LogP contribution in [0, 0.1) is 5.41 Å². The number of carbonyl (C=O) groups is 4. The Hall–Kier alpha value is -2.58. The molecule has 2 aliphatic rings. The van der Waals surface area contributed by atoms with Crippen molar-refractivity contribution >= 4 is 63.6 Å². The highest BCUT2D eigenvalue weighted by molar-refractivity contribution is 8.00. The number of rotatable bonds is 8. The lowest BCUT2D eigenvalue weighted by Crippen LogP contribution is -2.74. The minimum atomic E-state index is -1.21. The highest BCUT2D eigenvalue weighted by Gasteiger charge is 2.59. The molecule has 4 rings (SSSR count). The molecule has 2 unspecified atom stereocenters. The molecule has 11 nitrogen and oxygen atoms in total. The van der Waals surface area contributed by atoms with Gasteiger partial charge in [0.1, 0.15) is 29.1 Å². The van der Waals surface area contributed by atoms with Crippen LogP contribution in [-0.4, -0.2) is 83.1 Å². The van der Waals surface area contributed by atoms with Gasteiger partial charge in [0.2, 0.25) is 11.8 Å². The molecule has 3 atom stereocenters. The van der Waals surface area contributed by atoms with E-state index in [9.17, 15) is 24.3 Å². The van der Waals surface area contributed by atoms with E-state index >= 15 is 0 Å². The van der Waals surface area contributed by atoms with Gasteiger partial charge >= 0.3 is 11.9 Å². The number of aromatic nitrogens is 3. The number of anilines is 1. The van der Waals surface area contributed by atoms with Gasteiger partial charge in [-0.2, -0.15) is 0 Å². The van der Waals surface area contributed by atoms with Gasteiger partial charge in [-0.25, -0.2) is 0 Å². The molecule has 14 heteroatoms. The largest absolute Gasteiger partial charge is 0.481 e. The Bertz CT molecular complexity index is 1110. The zero-order valence-corrected chi connectivity index (χ0v) is 20.2. The summed E-state index contributed by atoms with van der Waals surface area (Å²) in [6.07, 6.45) is -0.285. The first kappa shape index (κ1) is 23.6. The number of carboxylic acids is 2. The zero-order chi connectivity index (χ0) is 23.9. The first-order chi connectivity index (χ1) is 15.6. The molecule has 0 bridgehead atoms. The van der Waals surface area contributed by atoms with E-state index in [1.807, 2.05) is 11.4 Å². The van der Waals surface area contributed by atoms with Gasteiger partial charge in [-0.1, -0.05) is 11.8 Å². The number of hydrogen-bond donors (Lipinski definition) is 2. The molecule has 2 saturated heterocycles.